The predicted octanol–water partition coefficient (Wildman–Crippen LogP) is 4.45. The summed E-state index contributed by atoms with van der Waals surface area (Å²) in [6, 6.07) is 16.6. The number of carbonyl (C=O) groups is 2. The summed E-state index contributed by atoms with van der Waals surface area (Å²) in [5, 5.41) is 2.97. The molecule has 2 aromatic carbocycles. The molecule has 0 aliphatic carbocycles. The van der Waals surface area contributed by atoms with Crippen molar-refractivity contribution in [2.24, 2.45) is 15.9 Å². The Hall–Kier alpha value is -2.93. The molecule has 2 amide bonds. The largest absolute Gasteiger partial charge is 0.325 e. The molecule has 1 N–H and O–H groups in total. The lowest BCUT2D eigenvalue weighted by molar-refractivity contribution is -0.125. The number of nitrogens with zero attached hydrogens (tertiary/aromatic N) is 3. The van der Waals surface area contributed by atoms with E-state index in [4.69, 9.17) is 9.98 Å². The van der Waals surface area contributed by atoms with Gasteiger partial charge in [-0.25, -0.2) is 9.89 Å². The number of thioether (sulfide) groups is 1. The number of amidine groups is 2. The molecule has 2 aliphatic rings. The van der Waals surface area contributed by atoms with Crippen molar-refractivity contribution in [1.82, 2.24) is 4.90 Å². The number of nitrogens with one attached hydrogen (secondary N) is 1. The number of hydrogen-bond donors (Lipinski definition) is 1. The van der Waals surface area contributed by atoms with E-state index in [9.17, 15) is 9.59 Å². The van der Waals surface area contributed by atoms with Crippen LogP contribution in [0, 0.1) is 5.92 Å². The maximum absolute atomic E-state index is 13.2. The molecule has 30 heavy (non-hydrogen) atoms. The summed E-state index contributed by atoms with van der Waals surface area (Å²) in [6.45, 7) is 5.98. The first-order valence-electron chi connectivity index (χ1n) is 10.1. The summed E-state index contributed by atoms with van der Waals surface area (Å²) in [4.78, 5) is 36.9. The quantitative estimate of drug-likeness (QED) is 0.776. The van der Waals surface area contributed by atoms with Gasteiger partial charge in [0.15, 0.2) is 5.17 Å². The van der Waals surface area contributed by atoms with Gasteiger partial charge in [-0.3, -0.25) is 14.6 Å². The van der Waals surface area contributed by atoms with Crippen molar-refractivity contribution in [2.75, 3.05) is 5.32 Å². The molecule has 7 heteroatoms. The molecule has 0 bridgehead atoms. The molecule has 2 atom stereocenters. The Morgan fingerprint density at radius 1 is 1.10 bits per heavy atom. The van der Waals surface area contributed by atoms with Gasteiger partial charge in [0, 0.05) is 11.3 Å². The Balaban J connectivity index is 1.60. The van der Waals surface area contributed by atoms with E-state index in [-0.39, 0.29) is 11.8 Å². The highest BCUT2D eigenvalue weighted by Gasteiger charge is 2.42. The zero-order valence-electron chi connectivity index (χ0n) is 17.2. The summed E-state index contributed by atoms with van der Waals surface area (Å²) < 4.78 is 0. The maximum Gasteiger partial charge on any atom is 0.259 e. The van der Waals surface area contributed by atoms with Crippen LogP contribution in [0.5, 0.6) is 0 Å². The number of fused-ring (bicyclic) bond motifs is 3. The van der Waals surface area contributed by atoms with Crippen molar-refractivity contribution in [3.8, 4) is 0 Å². The molecule has 154 valence electrons. The van der Waals surface area contributed by atoms with E-state index in [1.165, 1.54) is 11.8 Å². The van der Waals surface area contributed by atoms with Crippen LogP contribution >= 0.6 is 11.8 Å². The minimum absolute atomic E-state index is 0.0740. The molecule has 0 saturated carbocycles. The van der Waals surface area contributed by atoms with Gasteiger partial charge in [0.1, 0.15) is 11.9 Å². The van der Waals surface area contributed by atoms with Crippen molar-refractivity contribution in [3.63, 3.8) is 0 Å². The Morgan fingerprint density at radius 3 is 2.53 bits per heavy atom. The van der Waals surface area contributed by atoms with E-state index in [2.05, 4.69) is 19.2 Å². The van der Waals surface area contributed by atoms with Crippen LogP contribution in [0.15, 0.2) is 64.6 Å². The first-order valence-corrected chi connectivity index (χ1v) is 10.9. The monoisotopic (exact) mass is 420 g/mol. The number of aliphatic imine (C=N–C) groups is 2. The maximum atomic E-state index is 13.2. The van der Waals surface area contributed by atoms with E-state index in [0.29, 0.717) is 23.3 Å². The van der Waals surface area contributed by atoms with Crippen molar-refractivity contribution in [1.29, 1.82) is 0 Å². The minimum atomic E-state index is -0.438. The van der Waals surface area contributed by atoms with Crippen LogP contribution in [0.3, 0.4) is 0 Å². The third kappa shape index (κ3) is 4.03. The van der Waals surface area contributed by atoms with Gasteiger partial charge >= 0.3 is 0 Å². The van der Waals surface area contributed by atoms with Crippen molar-refractivity contribution >= 4 is 46.0 Å². The number of para-hydroxylation sites is 2. The van der Waals surface area contributed by atoms with Crippen LogP contribution in [0.25, 0.3) is 0 Å². The zero-order chi connectivity index (χ0) is 21.3. The van der Waals surface area contributed by atoms with Crippen LogP contribution in [0.4, 0.5) is 11.4 Å². The normalized spacial score (nSPS) is 18.5. The second kappa shape index (κ2) is 8.44. The Labute approximate surface area is 180 Å². The van der Waals surface area contributed by atoms with Crippen LogP contribution in [-0.4, -0.2) is 39.0 Å². The first kappa shape index (κ1) is 20.3. The van der Waals surface area contributed by atoms with Gasteiger partial charge < -0.3 is 5.32 Å². The lowest BCUT2D eigenvalue weighted by atomic mass is 10.0. The lowest BCUT2D eigenvalue weighted by Crippen LogP contribution is -2.42. The smallest absolute Gasteiger partial charge is 0.259 e. The molecule has 2 aromatic rings. The molecule has 0 fully saturated rings. The second-order valence-electron chi connectivity index (χ2n) is 7.80. The van der Waals surface area contributed by atoms with Gasteiger partial charge in [-0.05, 0) is 43.5 Å². The molecular formula is C23H24N4O2S. The van der Waals surface area contributed by atoms with Gasteiger partial charge in [-0.15, -0.1) is 0 Å². The van der Waals surface area contributed by atoms with E-state index in [0.717, 1.165) is 16.9 Å². The average molecular weight is 421 g/mol. The summed E-state index contributed by atoms with van der Waals surface area (Å²) in [5.74, 6) is 0.768. The van der Waals surface area contributed by atoms with Crippen LogP contribution < -0.4 is 5.32 Å². The minimum Gasteiger partial charge on any atom is -0.325 e. The van der Waals surface area contributed by atoms with Crippen molar-refractivity contribution in [3.05, 3.63) is 60.2 Å². The number of carbonyl (C=O) groups excluding carboxylic acids is 2. The SMILES string of the molecule is CC(C)C[C@H]1N=C2c3ccccc3N=C(S[C@@H](C)C(=O)Nc3ccccc3)N2C1=O. The van der Waals surface area contributed by atoms with E-state index < -0.39 is 11.3 Å². The van der Waals surface area contributed by atoms with E-state index in [1.807, 2.05) is 61.5 Å². The van der Waals surface area contributed by atoms with Gasteiger partial charge in [0.05, 0.1) is 10.9 Å². The molecule has 2 heterocycles. The molecule has 0 saturated heterocycles. The van der Waals surface area contributed by atoms with Crippen LogP contribution in [0.2, 0.25) is 0 Å². The van der Waals surface area contributed by atoms with Crippen LogP contribution in [-0.2, 0) is 9.59 Å². The summed E-state index contributed by atoms with van der Waals surface area (Å²) in [5.41, 5.74) is 2.36. The van der Waals surface area contributed by atoms with Crippen molar-refractivity contribution in [2.45, 2.75) is 38.5 Å². The highest BCUT2D eigenvalue weighted by molar-refractivity contribution is 8.15. The third-order valence-corrected chi connectivity index (χ3v) is 5.99. The fourth-order valence-electron chi connectivity index (χ4n) is 3.46. The predicted molar refractivity (Wildman–Crippen MR) is 122 cm³/mol. The molecule has 6 nitrogen and oxygen atoms in total. The fourth-order valence-corrected chi connectivity index (χ4v) is 4.37. The first-order chi connectivity index (χ1) is 14.4. The summed E-state index contributed by atoms with van der Waals surface area (Å²) in [6.07, 6.45) is 0.684. The topological polar surface area (TPSA) is 74.1 Å². The average Bonchev–Trinajstić information content (AvgIpc) is 3.05. The molecule has 0 radical (unpaired) electrons. The van der Waals surface area contributed by atoms with E-state index in [1.54, 1.807) is 4.90 Å². The van der Waals surface area contributed by atoms with Crippen LogP contribution in [0.1, 0.15) is 32.8 Å². The number of rotatable bonds is 5. The lowest BCUT2D eigenvalue weighted by Gasteiger charge is -2.27. The fraction of sp³-hybridized carbons (Fsp3) is 0.304. The van der Waals surface area contributed by atoms with Gasteiger partial charge in [-0.1, -0.05) is 55.9 Å². The highest BCUT2D eigenvalue weighted by atomic mass is 32.2. The van der Waals surface area contributed by atoms with E-state index >= 15 is 0 Å². The highest BCUT2D eigenvalue weighted by Crippen LogP contribution is 2.35. The molecule has 0 aromatic heterocycles. The summed E-state index contributed by atoms with van der Waals surface area (Å²) in [7, 11) is 0. The number of anilines is 1. The number of amides is 2. The standard InChI is InChI=1S/C23H24N4O2S/c1-14(2)13-19-22(29)27-20(25-19)17-11-7-8-12-18(17)26-23(27)30-15(3)21(28)24-16-9-5-4-6-10-16/h4-12,14-15,19H,13H2,1-3H3,(H,24,28)/t15-,19+/m0/s1. The molecule has 2 aliphatic heterocycles. The number of hydrogen-bond acceptors (Lipinski definition) is 5. The Morgan fingerprint density at radius 2 is 1.80 bits per heavy atom. The molecular weight excluding hydrogens is 396 g/mol. The Kier molecular flexibility index (Phi) is 5.72. The number of benzene rings is 2. The van der Waals surface area contributed by atoms with Gasteiger partial charge in [-0.2, -0.15) is 0 Å². The van der Waals surface area contributed by atoms with Gasteiger partial charge in [0.2, 0.25) is 5.91 Å². The summed E-state index contributed by atoms with van der Waals surface area (Å²) >= 11 is 1.27. The second-order valence-corrected chi connectivity index (χ2v) is 9.11. The zero-order valence-corrected chi connectivity index (χ0v) is 18.0. The Bertz CT molecular complexity index is 1030. The molecule has 0 spiro atoms. The molecule has 4 rings (SSSR count). The van der Waals surface area contributed by atoms with Gasteiger partial charge in [0.25, 0.3) is 5.91 Å². The van der Waals surface area contributed by atoms with Crippen molar-refractivity contribution < 1.29 is 9.59 Å². The third-order valence-electron chi connectivity index (χ3n) is 4.94. The molecule has 0 unspecified atom stereocenters.